The van der Waals surface area contributed by atoms with Crippen molar-refractivity contribution < 1.29 is 13.6 Å². The van der Waals surface area contributed by atoms with Gasteiger partial charge in [0.15, 0.2) is 0 Å². The first-order valence-corrected chi connectivity index (χ1v) is 8.45. The van der Waals surface area contributed by atoms with Crippen LogP contribution in [0, 0.1) is 0 Å². The zero-order chi connectivity index (χ0) is 14.0. The molecule has 2 rings (SSSR count). The molecule has 5 heteroatoms. The summed E-state index contributed by atoms with van der Waals surface area (Å²) >= 11 is 6.22. The van der Waals surface area contributed by atoms with E-state index in [1.165, 1.54) is 0 Å². The van der Waals surface area contributed by atoms with Crippen LogP contribution >= 0.6 is 19.2 Å². The Morgan fingerprint density at radius 1 is 1.26 bits per heavy atom. The topological polar surface area (TPSA) is 35.5 Å². The molecule has 0 fully saturated rings. The third-order valence-corrected chi connectivity index (χ3v) is 5.66. The van der Waals surface area contributed by atoms with E-state index in [1.54, 1.807) is 13.0 Å². The Morgan fingerprint density at radius 3 is 2.58 bits per heavy atom. The molecular weight excluding hydrogens is 283 g/mol. The molecule has 1 atom stereocenters. The number of benzene rings is 1. The van der Waals surface area contributed by atoms with Gasteiger partial charge in [-0.3, -0.25) is 4.52 Å². The maximum Gasteiger partial charge on any atom is 0.412 e. The van der Waals surface area contributed by atoms with Crippen LogP contribution in [0.25, 0.3) is 5.57 Å². The molecule has 0 spiro atoms. The highest BCUT2D eigenvalue weighted by Crippen LogP contribution is 2.56. The Balaban J connectivity index is 2.72. The fourth-order valence-corrected chi connectivity index (χ4v) is 4.83. The molecular formula is C14H18ClO3P. The van der Waals surface area contributed by atoms with Gasteiger partial charge in [0.25, 0.3) is 0 Å². The second-order valence-electron chi connectivity index (χ2n) is 4.25. The summed E-state index contributed by atoms with van der Waals surface area (Å²) in [5, 5.41) is 0.947. The first-order chi connectivity index (χ1) is 9.07. The van der Waals surface area contributed by atoms with Crippen molar-refractivity contribution in [2.75, 3.05) is 6.61 Å². The Bertz CT molecular complexity index is 566. The average molecular weight is 301 g/mol. The van der Waals surface area contributed by atoms with Crippen molar-refractivity contribution in [2.45, 2.75) is 33.6 Å². The monoisotopic (exact) mass is 300 g/mol. The fraction of sp³-hybridized carbons (Fsp3) is 0.429. The van der Waals surface area contributed by atoms with Crippen LogP contribution in [0.4, 0.5) is 0 Å². The lowest BCUT2D eigenvalue weighted by Crippen LogP contribution is -2.21. The molecule has 1 aliphatic rings. The normalized spacial score (nSPS) is 22.1. The summed E-state index contributed by atoms with van der Waals surface area (Å²) in [4.78, 5) is 0. The number of hydrogen-bond acceptors (Lipinski definition) is 3. The summed E-state index contributed by atoms with van der Waals surface area (Å²) in [6.45, 7) is 6.15. The molecule has 0 amide bonds. The molecule has 1 heterocycles. The maximum absolute atomic E-state index is 12.9. The van der Waals surface area contributed by atoms with Crippen LogP contribution in [-0.2, 0) is 13.6 Å². The van der Waals surface area contributed by atoms with E-state index >= 15 is 0 Å². The lowest BCUT2D eigenvalue weighted by molar-refractivity contribution is 0.255. The third-order valence-electron chi connectivity index (χ3n) is 3.13. The lowest BCUT2D eigenvalue weighted by Gasteiger charge is -2.30. The summed E-state index contributed by atoms with van der Waals surface area (Å²) in [7, 11) is -3.35. The standard InChI is InChI=1S/C14H18ClO3P/c1-4-10-11-8-7-9-12(15)14(11)19(16,17-6-3)18-13(10)5-2/h7-9H,4-6H2,1-3H3. The highest BCUT2D eigenvalue weighted by atomic mass is 35.5. The molecule has 1 unspecified atom stereocenters. The number of allylic oxidation sites excluding steroid dienone is 2. The van der Waals surface area contributed by atoms with Gasteiger partial charge in [0, 0.05) is 6.42 Å². The van der Waals surface area contributed by atoms with Gasteiger partial charge >= 0.3 is 7.60 Å². The van der Waals surface area contributed by atoms with Crippen LogP contribution in [0.1, 0.15) is 39.2 Å². The summed E-state index contributed by atoms with van der Waals surface area (Å²) in [6.07, 6.45) is 1.49. The molecule has 1 aliphatic heterocycles. The van der Waals surface area contributed by atoms with E-state index < -0.39 is 7.60 Å². The number of rotatable bonds is 4. The average Bonchev–Trinajstić information content (AvgIpc) is 2.38. The Labute approximate surface area is 119 Å². The van der Waals surface area contributed by atoms with E-state index in [-0.39, 0.29) is 0 Å². The van der Waals surface area contributed by atoms with Crippen molar-refractivity contribution in [3.8, 4) is 0 Å². The van der Waals surface area contributed by atoms with Gasteiger partial charge in [0.2, 0.25) is 0 Å². The van der Waals surface area contributed by atoms with E-state index in [9.17, 15) is 4.57 Å². The van der Waals surface area contributed by atoms with Crippen molar-refractivity contribution in [1.29, 1.82) is 0 Å². The number of hydrogen-bond donors (Lipinski definition) is 0. The van der Waals surface area contributed by atoms with Crippen molar-refractivity contribution in [1.82, 2.24) is 0 Å². The van der Waals surface area contributed by atoms with E-state index in [4.69, 9.17) is 20.6 Å². The first-order valence-electron chi connectivity index (χ1n) is 6.53. The molecule has 0 bridgehead atoms. The van der Waals surface area contributed by atoms with Gasteiger partial charge < -0.3 is 4.52 Å². The minimum absolute atomic E-state index is 0.320. The van der Waals surface area contributed by atoms with E-state index in [0.29, 0.717) is 23.4 Å². The first kappa shape index (κ1) is 14.6. The summed E-state index contributed by atoms with van der Waals surface area (Å²) in [5.74, 6) is 0.744. The molecule has 0 N–H and O–H groups in total. The molecule has 0 aliphatic carbocycles. The van der Waals surface area contributed by atoms with Crippen LogP contribution in [-0.4, -0.2) is 6.61 Å². The van der Waals surface area contributed by atoms with E-state index in [0.717, 1.165) is 23.3 Å². The maximum atomic E-state index is 12.9. The number of halogens is 1. The number of fused-ring (bicyclic) bond motifs is 1. The lowest BCUT2D eigenvalue weighted by atomic mass is 10.0. The van der Waals surface area contributed by atoms with Crippen molar-refractivity contribution in [2.24, 2.45) is 0 Å². The molecule has 0 saturated heterocycles. The quantitative estimate of drug-likeness (QED) is 0.752. The van der Waals surface area contributed by atoms with Gasteiger partial charge in [-0.1, -0.05) is 37.6 Å². The minimum atomic E-state index is -3.35. The van der Waals surface area contributed by atoms with Gasteiger partial charge in [-0.05, 0) is 30.5 Å². The van der Waals surface area contributed by atoms with Gasteiger partial charge in [0.1, 0.15) is 11.1 Å². The fourth-order valence-electron chi connectivity index (χ4n) is 2.36. The van der Waals surface area contributed by atoms with Crippen LogP contribution in [0.5, 0.6) is 0 Å². The van der Waals surface area contributed by atoms with Gasteiger partial charge in [-0.15, -0.1) is 0 Å². The second kappa shape index (κ2) is 5.70. The molecule has 3 nitrogen and oxygen atoms in total. The largest absolute Gasteiger partial charge is 0.425 e. The van der Waals surface area contributed by atoms with Gasteiger partial charge in [0.05, 0.1) is 11.6 Å². The molecule has 1 aromatic carbocycles. The van der Waals surface area contributed by atoms with Crippen molar-refractivity contribution in [3.05, 3.63) is 34.5 Å². The van der Waals surface area contributed by atoms with Crippen molar-refractivity contribution in [3.63, 3.8) is 0 Å². The smallest absolute Gasteiger partial charge is 0.412 e. The van der Waals surface area contributed by atoms with Crippen LogP contribution in [0.2, 0.25) is 5.02 Å². The molecule has 0 aromatic heterocycles. The summed E-state index contributed by atoms with van der Waals surface area (Å²) in [6, 6.07) is 5.52. The van der Waals surface area contributed by atoms with Gasteiger partial charge in [-0.25, -0.2) is 4.57 Å². The predicted molar refractivity (Wildman–Crippen MR) is 78.9 cm³/mol. The highest BCUT2D eigenvalue weighted by Gasteiger charge is 2.39. The zero-order valence-corrected chi connectivity index (χ0v) is 13.1. The van der Waals surface area contributed by atoms with Gasteiger partial charge in [-0.2, -0.15) is 0 Å². The zero-order valence-electron chi connectivity index (χ0n) is 11.4. The third kappa shape index (κ3) is 2.47. The van der Waals surface area contributed by atoms with Crippen LogP contribution < -0.4 is 5.30 Å². The van der Waals surface area contributed by atoms with E-state index in [1.807, 2.05) is 19.1 Å². The van der Waals surface area contributed by atoms with Crippen molar-refractivity contribution >= 4 is 30.1 Å². The molecule has 1 aromatic rings. The Kier molecular flexibility index (Phi) is 4.39. The molecule has 0 radical (unpaired) electrons. The molecule has 19 heavy (non-hydrogen) atoms. The minimum Gasteiger partial charge on any atom is -0.425 e. The highest BCUT2D eigenvalue weighted by molar-refractivity contribution is 7.63. The summed E-state index contributed by atoms with van der Waals surface area (Å²) in [5.41, 5.74) is 1.96. The van der Waals surface area contributed by atoms with E-state index in [2.05, 4.69) is 6.92 Å². The SMILES string of the molecule is CCOP1(=O)OC(CC)=C(CC)c2cccc(Cl)c21. The van der Waals surface area contributed by atoms with Crippen LogP contribution in [0.3, 0.4) is 0 Å². The molecule has 104 valence electrons. The Hall–Kier alpha value is -0.760. The predicted octanol–water partition coefficient (Wildman–Crippen LogP) is 4.76. The molecule has 0 saturated carbocycles. The summed E-state index contributed by atoms with van der Waals surface area (Å²) < 4.78 is 24.1. The second-order valence-corrected chi connectivity index (χ2v) is 6.54. The Morgan fingerprint density at radius 2 is 2.00 bits per heavy atom. The van der Waals surface area contributed by atoms with Crippen LogP contribution in [0.15, 0.2) is 24.0 Å².